The average Bonchev–Trinajstić information content (AvgIpc) is 2.78. The van der Waals surface area contributed by atoms with Crippen LogP contribution in [0.4, 0.5) is 4.39 Å². The number of halogens is 1. The summed E-state index contributed by atoms with van der Waals surface area (Å²) in [5, 5.41) is 13.0. The lowest BCUT2D eigenvalue weighted by atomic mass is 10.1. The van der Waals surface area contributed by atoms with Crippen molar-refractivity contribution < 1.29 is 22.4 Å². The van der Waals surface area contributed by atoms with Crippen molar-refractivity contribution >= 4 is 15.7 Å². The summed E-state index contributed by atoms with van der Waals surface area (Å²) in [5.74, 6) is 0.428. The fourth-order valence-electron chi connectivity index (χ4n) is 3.02. The summed E-state index contributed by atoms with van der Waals surface area (Å²) in [6.07, 6.45) is 0.963. The van der Waals surface area contributed by atoms with E-state index in [9.17, 15) is 12.8 Å². The van der Waals surface area contributed by atoms with Crippen molar-refractivity contribution in [2.75, 3.05) is 26.4 Å². The van der Waals surface area contributed by atoms with Gasteiger partial charge >= 0.3 is 0 Å². The van der Waals surface area contributed by atoms with Crippen molar-refractivity contribution in [2.24, 2.45) is 5.16 Å². The third-order valence-electron chi connectivity index (χ3n) is 4.59. The van der Waals surface area contributed by atoms with Crippen LogP contribution in [0.1, 0.15) is 24.0 Å². The van der Waals surface area contributed by atoms with Crippen molar-refractivity contribution in [3.63, 3.8) is 0 Å². The predicted octanol–water partition coefficient (Wildman–Crippen LogP) is 3.26. The molecule has 158 valence electrons. The summed E-state index contributed by atoms with van der Waals surface area (Å²) in [6, 6.07) is 15.1. The Morgan fingerprint density at radius 1 is 1.13 bits per heavy atom. The number of nitrogens with zero attached hydrogens (tertiary/aromatic N) is 3. The number of alkyl halides is 1. The van der Waals surface area contributed by atoms with Crippen LogP contribution in [0.3, 0.4) is 0 Å². The molecule has 0 bridgehead atoms. The number of hydrogen-bond acceptors (Lipinski definition) is 6. The molecule has 1 aliphatic rings. The Kier molecular flexibility index (Phi) is 7.38. The molecule has 0 N–H and O–H groups in total. The number of sulfonamides is 1. The van der Waals surface area contributed by atoms with Gasteiger partial charge in [0.2, 0.25) is 10.0 Å². The van der Waals surface area contributed by atoms with Gasteiger partial charge in [0, 0.05) is 25.9 Å². The third kappa shape index (κ3) is 5.55. The second-order valence-electron chi connectivity index (χ2n) is 6.66. The number of oxime groups is 1. The predicted molar refractivity (Wildman–Crippen MR) is 109 cm³/mol. The first-order valence-corrected chi connectivity index (χ1v) is 10.9. The Labute approximate surface area is 175 Å². The maximum Gasteiger partial charge on any atom is 0.243 e. The first kappa shape index (κ1) is 21.7. The summed E-state index contributed by atoms with van der Waals surface area (Å²) in [6.45, 7) is 0.209. The van der Waals surface area contributed by atoms with E-state index in [1.165, 1.54) is 28.6 Å². The summed E-state index contributed by atoms with van der Waals surface area (Å²) < 4.78 is 44.3. The van der Waals surface area contributed by atoms with E-state index in [0.717, 1.165) is 11.3 Å². The molecule has 3 rings (SSSR count). The van der Waals surface area contributed by atoms with Gasteiger partial charge in [0.25, 0.3) is 0 Å². The van der Waals surface area contributed by atoms with E-state index in [4.69, 9.17) is 14.8 Å². The van der Waals surface area contributed by atoms with Crippen molar-refractivity contribution in [1.82, 2.24) is 4.31 Å². The Bertz CT molecular complexity index is 1020. The SMILES string of the molecule is N#Cc1cccc(CON=C2CCN(S(=O)(=O)c3ccc(OCCF)cc3)CC2)c1. The zero-order chi connectivity index (χ0) is 21.4. The van der Waals surface area contributed by atoms with Crippen molar-refractivity contribution in [2.45, 2.75) is 24.3 Å². The first-order valence-electron chi connectivity index (χ1n) is 9.48. The molecular weight excluding hydrogens is 409 g/mol. The highest BCUT2D eigenvalue weighted by atomic mass is 32.2. The molecule has 1 fully saturated rings. The van der Waals surface area contributed by atoms with Crippen LogP contribution < -0.4 is 4.74 Å². The van der Waals surface area contributed by atoms with Gasteiger partial charge in [-0.05, 0) is 42.0 Å². The van der Waals surface area contributed by atoms with Gasteiger partial charge in [0.15, 0.2) is 0 Å². The van der Waals surface area contributed by atoms with E-state index in [1.54, 1.807) is 18.2 Å². The molecular formula is C21H22FN3O4S. The van der Waals surface area contributed by atoms with E-state index in [2.05, 4.69) is 11.2 Å². The molecule has 0 spiro atoms. The average molecular weight is 431 g/mol. The molecule has 9 heteroatoms. The second kappa shape index (κ2) is 10.2. The normalized spacial score (nSPS) is 14.7. The maximum atomic E-state index is 12.8. The highest BCUT2D eigenvalue weighted by molar-refractivity contribution is 7.89. The highest BCUT2D eigenvalue weighted by Gasteiger charge is 2.28. The standard InChI is InChI=1S/C21H22FN3O4S/c22-10-13-28-20-4-6-21(7-5-20)30(26,27)25-11-8-19(9-12-25)24-29-16-18-3-1-2-17(14-18)15-23/h1-7,14H,8-13,16H2. The molecule has 1 aliphatic heterocycles. The van der Waals surface area contributed by atoms with E-state index >= 15 is 0 Å². The number of piperidine rings is 1. The minimum absolute atomic E-state index is 0.0633. The molecule has 0 amide bonds. The Morgan fingerprint density at radius 2 is 1.87 bits per heavy atom. The van der Waals surface area contributed by atoms with E-state index in [0.29, 0.717) is 37.2 Å². The highest BCUT2D eigenvalue weighted by Crippen LogP contribution is 2.22. The number of hydrogen-bond donors (Lipinski definition) is 0. The van der Waals surface area contributed by atoms with E-state index < -0.39 is 16.7 Å². The minimum Gasteiger partial charge on any atom is -0.491 e. The first-order chi connectivity index (χ1) is 14.5. The molecule has 30 heavy (non-hydrogen) atoms. The maximum absolute atomic E-state index is 12.8. The summed E-state index contributed by atoms with van der Waals surface area (Å²) in [7, 11) is -3.62. The van der Waals surface area contributed by atoms with Gasteiger partial charge in [-0.25, -0.2) is 12.8 Å². The molecule has 1 heterocycles. The van der Waals surface area contributed by atoms with Crippen LogP contribution in [0.2, 0.25) is 0 Å². The molecule has 0 saturated carbocycles. The third-order valence-corrected chi connectivity index (χ3v) is 6.50. The molecule has 0 aromatic heterocycles. The zero-order valence-corrected chi connectivity index (χ0v) is 17.1. The topological polar surface area (TPSA) is 92.0 Å². The Morgan fingerprint density at radius 3 is 2.53 bits per heavy atom. The monoisotopic (exact) mass is 431 g/mol. The number of nitriles is 1. The lowest BCUT2D eigenvalue weighted by molar-refractivity contribution is 0.128. The number of benzene rings is 2. The van der Waals surface area contributed by atoms with Gasteiger partial charge in [-0.1, -0.05) is 17.3 Å². The van der Waals surface area contributed by atoms with Crippen LogP contribution >= 0.6 is 0 Å². The molecule has 0 radical (unpaired) electrons. The van der Waals surface area contributed by atoms with Gasteiger partial charge in [-0.15, -0.1) is 0 Å². The Hall–Kier alpha value is -2.96. The fourth-order valence-corrected chi connectivity index (χ4v) is 4.46. The zero-order valence-electron chi connectivity index (χ0n) is 16.3. The second-order valence-corrected chi connectivity index (χ2v) is 8.59. The largest absolute Gasteiger partial charge is 0.491 e. The van der Waals surface area contributed by atoms with Crippen LogP contribution in [-0.2, 0) is 21.5 Å². The Balaban J connectivity index is 1.53. The lowest BCUT2D eigenvalue weighted by Crippen LogP contribution is -2.38. The summed E-state index contributed by atoms with van der Waals surface area (Å²) >= 11 is 0. The molecule has 2 aromatic rings. The molecule has 0 atom stereocenters. The van der Waals surface area contributed by atoms with Gasteiger partial charge < -0.3 is 9.57 Å². The van der Waals surface area contributed by atoms with Crippen LogP contribution in [0, 0.1) is 11.3 Å². The van der Waals surface area contributed by atoms with Crippen LogP contribution in [0.25, 0.3) is 0 Å². The summed E-state index contributed by atoms with van der Waals surface area (Å²) in [5.41, 5.74) is 2.20. The van der Waals surface area contributed by atoms with Crippen LogP contribution in [-0.4, -0.2) is 44.8 Å². The minimum atomic E-state index is -3.62. The van der Waals surface area contributed by atoms with Crippen molar-refractivity contribution in [1.29, 1.82) is 5.26 Å². The van der Waals surface area contributed by atoms with Gasteiger partial charge in [0.1, 0.15) is 25.6 Å². The molecule has 2 aromatic carbocycles. The number of rotatable bonds is 8. The van der Waals surface area contributed by atoms with Gasteiger partial charge in [0.05, 0.1) is 22.2 Å². The number of ether oxygens (including phenoxy) is 1. The molecule has 7 nitrogen and oxygen atoms in total. The smallest absolute Gasteiger partial charge is 0.243 e. The van der Waals surface area contributed by atoms with Gasteiger partial charge in [-0.3, -0.25) is 0 Å². The molecule has 1 saturated heterocycles. The molecule has 0 aliphatic carbocycles. The molecule has 0 unspecified atom stereocenters. The fraction of sp³-hybridized carbons (Fsp3) is 0.333. The van der Waals surface area contributed by atoms with E-state index in [-0.39, 0.29) is 18.1 Å². The van der Waals surface area contributed by atoms with Crippen molar-refractivity contribution in [3.8, 4) is 11.8 Å². The van der Waals surface area contributed by atoms with Crippen molar-refractivity contribution in [3.05, 3.63) is 59.7 Å². The quantitative estimate of drug-likeness (QED) is 0.598. The van der Waals surface area contributed by atoms with E-state index in [1.807, 2.05) is 6.07 Å². The van der Waals surface area contributed by atoms with Crippen LogP contribution in [0.15, 0.2) is 58.6 Å². The van der Waals surface area contributed by atoms with Crippen LogP contribution in [0.5, 0.6) is 5.75 Å². The lowest BCUT2D eigenvalue weighted by Gasteiger charge is -2.26. The van der Waals surface area contributed by atoms with Gasteiger partial charge in [-0.2, -0.15) is 9.57 Å². The summed E-state index contributed by atoms with van der Waals surface area (Å²) in [4.78, 5) is 5.55.